The van der Waals surface area contributed by atoms with E-state index in [-0.39, 0.29) is 5.88 Å². The quantitative estimate of drug-likeness (QED) is 0.210. The average Bonchev–Trinajstić information content (AvgIpc) is 3.13. The van der Waals surface area contributed by atoms with E-state index in [1.165, 1.54) is 12.1 Å². The third-order valence-corrected chi connectivity index (χ3v) is 5.91. The molecule has 4 aromatic carbocycles. The van der Waals surface area contributed by atoms with Gasteiger partial charge >= 0.3 is 0 Å². The molecule has 1 aromatic heterocycles. The molecule has 5 rings (SSSR count). The van der Waals surface area contributed by atoms with Gasteiger partial charge in [-0.3, -0.25) is 0 Å². The number of anilines is 2. The number of aromatic hydroxyl groups is 1. The van der Waals surface area contributed by atoms with E-state index < -0.39 is 5.82 Å². The highest BCUT2D eigenvalue weighted by atomic mass is 19.1. The second-order valence-corrected chi connectivity index (χ2v) is 8.39. The number of aromatic nitrogens is 1. The molecule has 0 saturated carbocycles. The zero-order valence-electron chi connectivity index (χ0n) is 19.6. The molecule has 0 aliphatic heterocycles. The summed E-state index contributed by atoms with van der Waals surface area (Å²) < 4.78 is 16.0. The van der Waals surface area contributed by atoms with Gasteiger partial charge in [-0.25, -0.2) is 14.4 Å². The van der Waals surface area contributed by atoms with E-state index in [9.17, 15) is 9.50 Å². The average molecular weight is 478 g/mol. The van der Waals surface area contributed by atoms with Crippen molar-refractivity contribution in [2.45, 2.75) is 0 Å². The zero-order valence-corrected chi connectivity index (χ0v) is 19.6. The van der Waals surface area contributed by atoms with Crippen LogP contribution in [0.3, 0.4) is 0 Å². The number of aryl methyl sites for hydroxylation is 1. The number of hydrogen-bond acceptors (Lipinski definition) is 5. The smallest absolute Gasteiger partial charge is 0.201 e. The summed E-state index contributed by atoms with van der Waals surface area (Å²) in [5.41, 5.74) is 16.9. The maximum absolute atomic E-state index is 14.4. The summed E-state index contributed by atoms with van der Waals surface area (Å²) in [6.07, 6.45) is 0. The number of nitrogens with zero attached hydrogens (tertiary/aromatic N) is 3. The summed E-state index contributed by atoms with van der Waals surface area (Å²) in [7, 11) is 1.72. The van der Waals surface area contributed by atoms with Gasteiger partial charge in [-0.05, 0) is 66.7 Å². The topological polar surface area (TPSA) is 102 Å². The highest BCUT2D eigenvalue weighted by Gasteiger charge is 2.25. The first-order valence-electron chi connectivity index (χ1n) is 11.3. The number of hydrogen-bond donors (Lipinski definition) is 3. The van der Waals surface area contributed by atoms with Crippen molar-refractivity contribution in [2.75, 3.05) is 11.5 Å². The van der Waals surface area contributed by atoms with Crippen molar-refractivity contribution in [1.29, 1.82) is 0 Å². The molecule has 0 fully saturated rings. The molecule has 0 radical (unpaired) electrons. The van der Waals surface area contributed by atoms with Crippen LogP contribution in [0.2, 0.25) is 0 Å². The molecule has 36 heavy (non-hydrogen) atoms. The van der Waals surface area contributed by atoms with Gasteiger partial charge in [0.2, 0.25) is 5.88 Å². The predicted octanol–water partition coefficient (Wildman–Crippen LogP) is 6.13. The summed E-state index contributed by atoms with van der Waals surface area (Å²) in [6, 6.07) is 28.1. The number of benzene rings is 4. The first-order chi connectivity index (χ1) is 17.4. The molecule has 5 N–H and O–H groups in total. The number of fused-ring (bicyclic) bond motifs is 1. The number of nitrogens with two attached hydrogens (primary N) is 2. The largest absolute Gasteiger partial charge is 0.494 e. The number of rotatable bonds is 5. The molecule has 0 amide bonds. The van der Waals surface area contributed by atoms with E-state index in [0.29, 0.717) is 50.6 Å². The van der Waals surface area contributed by atoms with Crippen molar-refractivity contribution in [3.05, 3.63) is 114 Å². The van der Waals surface area contributed by atoms with Crippen LogP contribution in [0.15, 0.2) is 107 Å². The standard InChI is InChI=1S/C29H24FN5O/c1-35-25-16-7-19(30)17-24(25)26(29(35)36)28(34-23-14-10-21(32)11-15-23)27(18-5-3-2-4-6-18)33-22-12-8-20(31)9-13-22/h2-17,36H,31-32H2,1H3. The van der Waals surface area contributed by atoms with Crippen LogP contribution >= 0.6 is 0 Å². The van der Waals surface area contributed by atoms with Crippen LogP contribution in [0.1, 0.15) is 11.1 Å². The normalized spacial score (nSPS) is 12.3. The molecule has 0 aliphatic rings. The maximum Gasteiger partial charge on any atom is 0.201 e. The lowest BCUT2D eigenvalue weighted by Gasteiger charge is -2.12. The minimum Gasteiger partial charge on any atom is -0.494 e. The molecular weight excluding hydrogens is 453 g/mol. The fraction of sp³-hybridized carbons (Fsp3) is 0.0345. The minimum absolute atomic E-state index is 0.0502. The van der Waals surface area contributed by atoms with Crippen molar-refractivity contribution in [3.8, 4) is 5.88 Å². The minimum atomic E-state index is -0.419. The van der Waals surface area contributed by atoms with Gasteiger partial charge in [-0.1, -0.05) is 30.3 Å². The molecule has 5 aromatic rings. The Balaban J connectivity index is 1.86. The predicted molar refractivity (Wildman–Crippen MR) is 145 cm³/mol. The van der Waals surface area contributed by atoms with Gasteiger partial charge < -0.3 is 21.1 Å². The van der Waals surface area contributed by atoms with Crippen LogP contribution < -0.4 is 11.5 Å². The molecule has 6 nitrogen and oxygen atoms in total. The Morgan fingerprint density at radius 3 is 1.89 bits per heavy atom. The highest BCUT2D eigenvalue weighted by Crippen LogP contribution is 2.34. The molecule has 0 bridgehead atoms. The van der Waals surface area contributed by atoms with E-state index in [1.807, 2.05) is 42.5 Å². The molecule has 0 unspecified atom stereocenters. The summed E-state index contributed by atoms with van der Waals surface area (Å²) in [5.74, 6) is -0.469. The zero-order chi connectivity index (χ0) is 25.2. The first kappa shape index (κ1) is 22.9. The summed E-state index contributed by atoms with van der Waals surface area (Å²) >= 11 is 0. The fourth-order valence-corrected chi connectivity index (χ4v) is 4.07. The van der Waals surface area contributed by atoms with Crippen molar-refractivity contribution >= 4 is 45.1 Å². The van der Waals surface area contributed by atoms with Gasteiger partial charge in [0, 0.05) is 29.4 Å². The second-order valence-electron chi connectivity index (χ2n) is 8.39. The molecule has 0 saturated heterocycles. The summed E-state index contributed by atoms with van der Waals surface area (Å²) in [4.78, 5) is 9.86. The Morgan fingerprint density at radius 1 is 0.750 bits per heavy atom. The van der Waals surface area contributed by atoms with Gasteiger partial charge in [0.05, 0.1) is 28.2 Å². The molecule has 1 heterocycles. The third-order valence-electron chi connectivity index (χ3n) is 5.91. The molecule has 0 spiro atoms. The lowest BCUT2D eigenvalue weighted by atomic mass is 9.98. The first-order valence-corrected chi connectivity index (χ1v) is 11.3. The van der Waals surface area contributed by atoms with Crippen LogP contribution in [0.4, 0.5) is 27.1 Å². The maximum atomic E-state index is 14.4. The Bertz CT molecular complexity index is 1600. The third kappa shape index (κ3) is 4.42. The Morgan fingerprint density at radius 2 is 1.31 bits per heavy atom. The fourth-order valence-electron chi connectivity index (χ4n) is 4.07. The van der Waals surface area contributed by atoms with E-state index >= 15 is 0 Å². The highest BCUT2D eigenvalue weighted by molar-refractivity contribution is 6.56. The van der Waals surface area contributed by atoms with Crippen LogP contribution in [-0.4, -0.2) is 21.1 Å². The van der Waals surface area contributed by atoms with E-state index in [1.54, 1.807) is 54.1 Å². The van der Waals surface area contributed by atoms with E-state index in [4.69, 9.17) is 21.5 Å². The molecule has 0 atom stereocenters. The summed E-state index contributed by atoms with van der Waals surface area (Å²) in [6.45, 7) is 0. The van der Waals surface area contributed by atoms with Crippen LogP contribution in [0.5, 0.6) is 5.88 Å². The van der Waals surface area contributed by atoms with Gasteiger partial charge in [-0.2, -0.15) is 0 Å². The summed E-state index contributed by atoms with van der Waals surface area (Å²) in [5, 5.41) is 11.8. The van der Waals surface area contributed by atoms with Gasteiger partial charge in [-0.15, -0.1) is 0 Å². The van der Waals surface area contributed by atoms with Crippen molar-refractivity contribution in [1.82, 2.24) is 4.57 Å². The van der Waals surface area contributed by atoms with Crippen molar-refractivity contribution in [2.24, 2.45) is 17.0 Å². The lowest BCUT2D eigenvalue weighted by Crippen LogP contribution is -2.17. The SMILES string of the molecule is Cn1c(O)c(C(=Nc2ccc(N)cc2)C(=Nc2ccc(N)cc2)c2ccccc2)c2cc(F)ccc21. The Hall–Kier alpha value is -4.91. The Labute approximate surface area is 207 Å². The number of nitrogen functional groups attached to an aromatic ring is 2. The lowest BCUT2D eigenvalue weighted by molar-refractivity contribution is 0.434. The van der Waals surface area contributed by atoms with Crippen molar-refractivity contribution < 1.29 is 9.50 Å². The van der Waals surface area contributed by atoms with E-state index in [0.717, 1.165) is 5.56 Å². The molecule has 7 heteroatoms. The second kappa shape index (κ2) is 9.38. The van der Waals surface area contributed by atoms with E-state index in [2.05, 4.69) is 0 Å². The van der Waals surface area contributed by atoms with Crippen LogP contribution in [-0.2, 0) is 7.05 Å². The van der Waals surface area contributed by atoms with Gasteiger partial charge in [0.15, 0.2) is 0 Å². The van der Waals surface area contributed by atoms with Crippen molar-refractivity contribution in [3.63, 3.8) is 0 Å². The van der Waals surface area contributed by atoms with Crippen LogP contribution in [0.25, 0.3) is 10.9 Å². The molecular formula is C29H24FN5O. The van der Waals surface area contributed by atoms with Crippen LogP contribution in [0, 0.1) is 5.82 Å². The monoisotopic (exact) mass is 477 g/mol. The number of aliphatic imine (C=N–C) groups is 2. The number of halogens is 1. The van der Waals surface area contributed by atoms with Gasteiger partial charge in [0.25, 0.3) is 0 Å². The molecule has 178 valence electrons. The molecule has 0 aliphatic carbocycles. The Kier molecular flexibility index (Phi) is 5.96. The van der Waals surface area contributed by atoms with Gasteiger partial charge in [0.1, 0.15) is 11.5 Å².